The van der Waals surface area contributed by atoms with Gasteiger partial charge in [-0.25, -0.2) is 0 Å². The lowest BCUT2D eigenvalue weighted by Gasteiger charge is -2.23. The minimum atomic E-state index is -0.909. The summed E-state index contributed by atoms with van der Waals surface area (Å²) in [5.74, 6) is 0. The van der Waals surface area contributed by atoms with Gasteiger partial charge in [-0.3, -0.25) is 10.1 Å². The zero-order chi connectivity index (χ0) is 11.6. The number of nitro benzene ring substituents is 1. The Morgan fingerprint density at radius 3 is 2.67 bits per heavy atom. The van der Waals surface area contributed by atoms with Gasteiger partial charge in [-0.2, -0.15) is 0 Å². The van der Waals surface area contributed by atoms with E-state index in [0.717, 1.165) is 0 Å². The number of aliphatic hydroxyl groups is 1. The Labute approximate surface area is 95.2 Å². The molecule has 82 valence electrons. The summed E-state index contributed by atoms with van der Waals surface area (Å²) in [6.45, 7) is 1.42. The second kappa shape index (κ2) is 4.26. The summed E-state index contributed by atoms with van der Waals surface area (Å²) < 4.78 is 0.524. The predicted octanol–water partition coefficient (Wildman–Crippen LogP) is 1.52. The van der Waals surface area contributed by atoms with Crippen LogP contribution in [0.2, 0.25) is 0 Å². The largest absolute Gasteiger partial charge is 0.394 e. The lowest BCUT2D eigenvalue weighted by molar-refractivity contribution is -0.385. The van der Waals surface area contributed by atoms with Gasteiger partial charge in [0, 0.05) is 16.6 Å². The quantitative estimate of drug-likeness (QED) is 0.646. The number of hydrogen-bond acceptors (Lipinski definition) is 4. The van der Waals surface area contributed by atoms with E-state index in [4.69, 9.17) is 10.8 Å². The van der Waals surface area contributed by atoms with Crippen LogP contribution in [0.5, 0.6) is 0 Å². The van der Waals surface area contributed by atoms with Gasteiger partial charge < -0.3 is 10.8 Å². The van der Waals surface area contributed by atoms with Gasteiger partial charge in [0.2, 0.25) is 0 Å². The van der Waals surface area contributed by atoms with Crippen LogP contribution < -0.4 is 5.73 Å². The van der Waals surface area contributed by atoms with Crippen molar-refractivity contribution in [3.05, 3.63) is 38.3 Å². The number of non-ortho nitro benzene ring substituents is 1. The van der Waals surface area contributed by atoms with E-state index >= 15 is 0 Å². The van der Waals surface area contributed by atoms with Crippen molar-refractivity contribution in [2.45, 2.75) is 12.5 Å². The van der Waals surface area contributed by atoms with Crippen molar-refractivity contribution in [1.29, 1.82) is 0 Å². The fourth-order valence-electron chi connectivity index (χ4n) is 1.17. The van der Waals surface area contributed by atoms with Gasteiger partial charge in [0.25, 0.3) is 5.69 Å². The molecule has 6 heteroatoms. The summed E-state index contributed by atoms with van der Waals surface area (Å²) in [4.78, 5) is 10.0. The molecule has 1 aromatic carbocycles. The normalized spacial score (nSPS) is 14.7. The summed E-state index contributed by atoms with van der Waals surface area (Å²) in [7, 11) is 0. The number of nitro groups is 1. The van der Waals surface area contributed by atoms with Gasteiger partial charge in [-0.15, -0.1) is 0 Å². The molecule has 15 heavy (non-hydrogen) atoms. The summed E-state index contributed by atoms with van der Waals surface area (Å²) >= 11 is 3.20. The zero-order valence-electron chi connectivity index (χ0n) is 8.11. The summed E-state index contributed by atoms with van der Waals surface area (Å²) in [5.41, 5.74) is 5.53. The predicted molar refractivity (Wildman–Crippen MR) is 59.4 cm³/mol. The lowest BCUT2D eigenvalue weighted by atomic mass is 9.94. The smallest absolute Gasteiger partial charge is 0.270 e. The van der Waals surface area contributed by atoms with Gasteiger partial charge in [0.15, 0.2) is 0 Å². The Balaban J connectivity index is 3.19. The SMILES string of the molecule is CC(N)(CO)c1ccc([N+](=O)[O-])cc1Br. The second-order valence-corrected chi connectivity index (χ2v) is 4.35. The molecule has 0 heterocycles. The molecular weight excluding hydrogens is 264 g/mol. The zero-order valence-corrected chi connectivity index (χ0v) is 9.69. The maximum Gasteiger partial charge on any atom is 0.270 e. The Kier molecular flexibility index (Phi) is 3.43. The Bertz CT molecular complexity index is 393. The van der Waals surface area contributed by atoms with E-state index in [-0.39, 0.29) is 12.3 Å². The highest BCUT2D eigenvalue weighted by Gasteiger charge is 2.24. The van der Waals surface area contributed by atoms with Crippen LogP contribution >= 0.6 is 15.9 Å². The highest BCUT2D eigenvalue weighted by Crippen LogP contribution is 2.29. The van der Waals surface area contributed by atoms with Crippen molar-refractivity contribution in [1.82, 2.24) is 0 Å². The minimum Gasteiger partial charge on any atom is -0.394 e. The number of nitrogens with two attached hydrogens (primary N) is 1. The molecular formula is C9H11BrN2O3. The van der Waals surface area contributed by atoms with Gasteiger partial charge in [0.1, 0.15) is 0 Å². The summed E-state index contributed by atoms with van der Waals surface area (Å²) in [6, 6.07) is 4.27. The van der Waals surface area contributed by atoms with Crippen LogP contribution in [0.15, 0.2) is 22.7 Å². The number of rotatable bonds is 3. The van der Waals surface area contributed by atoms with E-state index in [1.54, 1.807) is 13.0 Å². The van der Waals surface area contributed by atoms with Crippen LogP contribution in [0.3, 0.4) is 0 Å². The maximum atomic E-state index is 10.5. The monoisotopic (exact) mass is 274 g/mol. The third-order valence-corrected chi connectivity index (χ3v) is 2.76. The molecule has 0 saturated heterocycles. The third-order valence-electron chi connectivity index (χ3n) is 2.11. The molecule has 1 aromatic rings. The van der Waals surface area contributed by atoms with E-state index < -0.39 is 10.5 Å². The topological polar surface area (TPSA) is 89.4 Å². The Hall–Kier alpha value is -0.980. The minimum absolute atomic E-state index is 0.0145. The van der Waals surface area contributed by atoms with Crippen molar-refractivity contribution in [2.24, 2.45) is 5.73 Å². The molecule has 0 fully saturated rings. The number of aliphatic hydroxyl groups excluding tert-OH is 1. The van der Waals surface area contributed by atoms with Crippen molar-refractivity contribution in [3.63, 3.8) is 0 Å². The summed E-state index contributed by atoms with van der Waals surface area (Å²) in [5, 5.41) is 19.6. The first-order valence-electron chi connectivity index (χ1n) is 4.22. The highest BCUT2D eigenvalue weighted by atomic mass is 79.9. The number of hydrogen-bond donors (Lipinski definition) is 2. The first-order valence-corrected chi connectivity index (χ1v) is 5.02. The molecule has 1 unspecified atom stereocenters. The van der Waals surface area contributed by atoms with E-state index in [2.05, 4.69) is 15.9 Å². The van der Waals surface area contributed by atoms with Crippen LogP contribution in [0, 0.1) is 10.1 Å². The molecule has 0 aromatic heterocycles. The van der Waals surface area contributed by atoms with Gasteiger partial charge in [-0.1, -0.05) is 15.9 Å². The lowest BCUT2D eigenvalue weighted by Crippen LogP contribution is -2.37. The number of benzene rings is 1. The molecule has 0 aliphatic rings. The highest BCUT2D eigenvalue weighted by molar-refractivity contribution is 9.10. The molecule has 1 rings (SSSR count). The Morgan fingerprint density at radius 2 is 2.27 bits per heavy atom. The Morgan fingerprint density at radius 1 is 1.67 bits per heavy atom. The first kappa shape index (κ1) is 12.1. The third kappa shape index (κ3) is 2.53. The molecule has 0 radical (unpaired) electrons. The maximum absolute atomic E-state index is 10.5. The molecule has 0 aliphatic heterocycles. The average Bonchev–Trinajstić information content (AvgIpc) is 2.17. The van der Waals surface area contributed by atoms with E-state index in [1.165, 1.54) is 12.1 Å². The van der Waals surface area contributed by atoms with Crippen LogP contribution in [0.25, 0.3) is 0 Å². The van der Waals surface area contributed by atoms with Crippen LogP contribution in [-0.2, 0) is 5.54 Å². The van der Waals surface area contributed by atoms with Gasteiger partial charge in [-0.05, 0) is 18.6 Å². The molecule has 0 saturated carbocycles. The van der Waals surface area contributed by atoms with Crippen molar-refractivity contribution >= 4 is 21.6 Å². The van der Waals surface area contributed by atoms with Crippen LogP contribution in [0.1, 0.15) is 12.5 Å². The molecule has 0 aliphatic carbocycles. The second-order valence-electron chi connectivity index (χ2n) is 3.50. The van der Waals surface area contributed by atoms with Gasteiger partial charge >= 0.3 is 0 Å². The molecule has 0 amide bonds. The van der Waals surface area contributed by atoms with Crippen molar-refractivity contribution in [3.8, 4) is 0 Å². The molecule has 3 N–H and O–H groups in total. The van der Waals surface area contributed by atoms with Gasteiger partial charge in [0.05, 0.1) is 17.1 Å². The molecule has 5 nitrogen and oxygen atoms in total. The number of halogens is 1. The molecule has 1 atom stereocenters. The van der Waals surface area contributed by atoms with Crippen LogP contribution in [0.4, 0.5) is 5.69 Å². The van der Waals surface area contributed by atoms with Crippen LogP contribution in [-0.4, -0.2) is 16.6 Å². The van der Waals surface area contributed by atoms with E-state index in [0.29, 0.717) is 10.0 Å². The van der Waals surface area contributed by atoms with E-state index in [9.17, 15) is 10.1 Å². The average molecular weight is 275 g/mol. The van der Waals surface area contributed by atoms with Crippen molar-refractivity contribution in [2.75, 3.05) is 6.61 Å². The fraction of sp³-hybridized carbons (Fsp3) is 0.333. The standard InChI is InChI=1S/C9H11BrN2O3/c1-9(11,5-13)7-3-2-6(12(14)15)4-8(7)10/h2-4,13H,5,11H2,1H3. The summed E-state index contributed by atoms with van der Waals surface area (Å²) in [6.07, 6.45) is 0. The fourth-order valence-corrected chi connectivity index (χ4v) is 1.99. The molecule has 0 spiro atoms. The molecule has 0 bridgehead atoms. The number of nitrogens with zero attached hydrogens (tertiary/aromatic N) is 1. The van der Waals surface area contributed by atoms with E-state index in [1.807, 2.05) is 0 Å². The first-order chi connectivity index (χ1) is 6.88. The van der Waals surface area contributed by atoms with Crippen molar-refractivity contribution < 1.29 is 10.0 Å².